The average molecular weight is 171 g/mol. The highest BCUT2D eigenvalue weighted by molar-refractivity contribution is 5.79. The van der Waals surface area contributed by atoms with Gasteiger partial charge in [0.15, 0.2) is 0 Å². The third kappa shape index (κ3) is 1.21. The molecule has 2 N–H and O–H groups in total. The maximum absolute atomic E-state index is 11.2. The van der Waals surface area contributed by atoms with Crippen LogP contribution in [0.4, 0.5) is 0 Å². The van der Waals surface area contributed by atoms with E-state index < -0.39 is 6.10 Å². The monoisotopic (exact) mass is 171 g/mol. The molecule has 2 aliphatic rings. The van der Waals surface area contributed by atoms with Gasteiger partial charge in [-0.05, 0) is 12.8 Å². The minimum atomic E-state index is -0.491. The van der Waals surface area contributed by atoms with Crippen LogP contribution in [0, 0.1) is 0 Å². The molecule has 1 saturated heterocycles. The lowest BCUT2D eigenvalue weighted by Crippen LogP contribution is -2.48. The van der Waals surface area contributed by atoms with Crippen LogP contribution in [-0.2, 0) is 4.79 Å². The van der Waals surface area contributed by atoms with Crippen LogP contribution in [0.2, 0.25) is 0 Å². The van der Waals surface area contributed by atoms with Crippen molar-refractivity contribution in [3.63, 3.8) is 0 Å². The largest absolute Gasteiger partial charge is 0.393 e. The lowest BCUT2D eigenvalue weighted by atomic mass is 9.88. The first kappa shape index (κ1) is 8.01. The predicted molar refractivity (Wildman–Crippen MR) is 41.4 cm³/mol. The summed E-state index contributed by atoms with van der Waals surface area (Å²) in [5.74, 6) is 0.0272. The van der Waals surface area contributed by atoms with Gasteiger partial charge in [0.2, 0.25) is 5.91 Å². The number of amides is 1. The van der Waals surface area contributed by atoms with Crippen LogP contribution in [0.25, 0.3) is 0 Å². The van der Waals surface area contributed by atoms with Crippen molar-refractivity contribution in [3.05, 3.63) is 0 Å². The minimum absolute atomic E-state index is 0.0272. The number of carbonyl (C=O) groups is 1. The standard InChI is InChI=1S/C8H13NO3/c10-6-1-5(2-6)9-4-7(11)3-8(9)12/h5-7,10-11H,1-4H2. The van der Waals surface area contributed by atoms with Crippen molar-refractivity contribution < 1.29 is 15.0 Å². The van der Waals surface area contributed by atoms with Gasteiger partial charge in [0.05, 0.1) is 18.6 Å². The molecule has 0 aromatic carbocycles. The maximum Gasteiger partial charge on any atom is 0.225 e. The van der Waals surface area contributed by atoms with E-state index in [9.17, 15) is 9.90 Å². The number of carbonyl (C=O) groups excluding carboxylic acids is 1. The Bertz CT molecular complexity index is 200. The van der Waals surface area contributed by atoms with Crippen LogP contribution in [0.3, 0.4) is 0 Å². The third-order valence-electron chi connectivity index (χ3n) is 2.67. The van der Waals surface area contributed by atoms with E-state index in [1.165, 1.54) is 0 Å². The Hall–Kier alpha value is -0.610. The lowest BCUT2D eigenvalue weighted by molar-refractivity contribution is -0.133. The maximum atomic E-state index is 11.2. The Morgan fingerprint density at radius 2 is 1.92 bits per heavy atom. The Morgan fingerprint density at radius 3 is 2.33 bits per heavy atom. The fourth-order valence-corrected chi connectivity index (χ4v) is 1.88. The summed E-state index contributed by atoms with van der Waals surface area (Å²) in [5, 5.41) is 18.2. The molecule has 1 aliphatic carbocycles. The summed E-state index contributed by atoms with van der Waals surface area (Å²) in [4.78, 5) is 12.9. The Labute approximate surface area is 70.8 Å². The Kier molecular flexibility index (Phi) is 1.81. The normalized spacial score (nSPS) is 41.7. The zero-order valence-corrected chi connectivity index (χ0v) is 6.81. The first-order valence-corrected chi connectivity index (χ1v) is 4.32. The van der Waals surface area contributed by atoms with Gasteiger partial charge in [-0.25, -0.2) is 0 Å². The number of β-amino-alcohol motifs (C(OH)–C–C–N with tert-alkyl or cyclic N) is 1. The van der Waals surface area contributed by atoms with Crippen LogP contribution in [0.1, 0.15) is 19.3 Å². The van der Waals surface area contributed by atoms with Crippen LogP contribution in [0.15, 0.2) is 0 Å². The van der Waals surface area contributed by atoms with Crippen LogP contribution >= 0.6 is 0 Å². The van der Waals surface area contributed by atoms with Crippen molar-refractivity contribution in [2.75, 3.05) is 6.54 Å². The number of aliphatic hydroxyl groups excluding tert-OH is 2. The van der Waals surface area contributed by atoms with E-state index in [4.69, 9.17) is 5.11 Å². The molecule has 0 aromatic rings. The van der Waals surface area contributed by atoms with Crippen molar-refractivity contribution in [1.29, 1.82) is 0 Å². The number of rotatable bonds is 1. The molecule has 4 heteroatoms. The number of aliphatic hydroxyl groups is 2. The summed E-state index contributed by atoms with van der Waals surface area (Å²) in [5.41, 5.74) is 0. The van der Waals surface area contributed by atoms with Gasteiger partial charge in [-0.1, -0.05) is 0 Å². The van der Waals surface area contributed by atoms with Gasteiger partial charge in [0.25, 0.3) is 0 Å². The molecule has 1 unspecified atom stereocenters. The molecule has 1 heterocycles. The molecule has 1 saturated carbocycles. The van der Waals surface area contributed by atoms with Gasteiger partial charge in [0.1, 0.15) is 0 Å². The fourth-order valence-electron chi connectivity index (χ4n) is 1.88. The molecule has 1 aliphatic heterocycles. The van der Waals surface area contributed by atoms with E-state index in [-0.39, 0.29) is 24.5 Å². The van der Waals surface area contributed by atoms with Crippen LogP contribution in [0.5, 0.6) is 0 Å². The average Bonchev–Trinajstić information content (AvgIpc) is 2.23. The van der Waals surface area contributed by atoms with Crippen molar-refractivity contribution in [2.45, 2.75) is 37.5 Å². The molecular weight excluding hydrogens is 158 g/mol. The molecule has 0 spiro atoms. The Morgan fingerprint density at radius 1 is 1.25 bits per heavy atom. The van der Waals surface area contributed by atoms with Gasteiger partial charge >= 0.3 is 0 Å². The van der Waals surface area contributed by atoms with Crippen LogP contribution < -0.4 is 0 Å². The SMILES string of the molecule is O=C1CC(O)CN1C1CC(O)C1. The van der Waals surface area contributed by atoms with Crippen LogP contribution in [-0.4, -0.2) is 45.8 Å². The van der Waals surface area contributed by atoms with Gasteiger partial charge in [0, 0.05) is 12.6 Å². The van der Waals surface area contributed by atoms with E-state index >= 15 is 0 Å². The summed E-state index contributed by atoms with van der Waals surface area (Å²) in [6, 6.07) is 0.185. The Balaban J connectivity index is 1.92. The third-order valence-corrected chi connectivity index (χ3v) is 2.67. The summed E-state index contributed by atoms with van der Waals surface area (Å²) in [7, 11) is 0. The van der Waals surface area contributed by atoms with Gasteiger partial charge in [-0.3, -0.25) is 4.79 Å². The topological polar surface area (TPSA) is 60.8 Å². The molecule has 0 bridgehead atoms. The predicted octanol–water partition coefficient (Wildman–Crippen LogP) is -0.897. The quantitative estimate of drug-likeness (QED) is 0.537. The minimum Gasteiger partial charge on any atom is -0.393 e. The van der Waals surface area contributed by atoms with Crippen molar-refractivity contribution in [2.24, 2.45) is 0 Å². The summed E-state index contributed by atoms with van der Waals surface area (Å²) < 4.78 is 0. The first-order chi connectivity index (χ1) is 5.66. The lowest BCUT2D eigenvalue weighted by Gasteiger charge is -2.38. The molecule has 0 radical (unpaired) electrons. The number of hydrogen-bond donors (Lipinski definition) is 2. The van der Waals surface area contributed by atoms with E-state index in [0.717, 1.165) is 0 Å². The summed E-state index contributed by atoms with van der Waals surface area (Å²) in [6.07, 6.45) is 0.888. The number of hydrogen-bond acceptors (Lipinski definition) is 3. The molecule has 4 nitrogen and oxygen atoms in total. The van der Waals surface area contributed by atoms with E-state index in [1.54, 1.807) is 4.90 Å². The highest BCUT2D eigenvalue weighted by Crippen LogP contribution is 2.28. The van der Waals surface area contributed by atoms with Gasteiger partial charge in [-0.15, -0.1) is 0 Å². The molecule has 2 rings (SSSR count). The van der Waals surface area contributed by atoms with E-state index in [0.29, 0.717) is 19.4 Å². The summed E-state index contributed by atoms with van der Waals surface area (Å²) in [6.45, 7) is 0.455. The molecule has 1 amide bonds. The van der Waals surface area contributed by atoms with Gasteiger partial charge < -0.3 is 15.1 Å². The van der Waals surface area contributed by atoms with Crippen molar-refractivity contribution >= 4 is 5.91 Å². The van der Waals surface area contributed by atoms with Crippen molar-refractivity contribution in [3.8, 4) is 0 Å². The molecule has 0 aromatic heterocycles. The zero-order valence-electron chi connectivity index (χ0n) is 6.81. The van der Waals surface area contributed by atoms with E-state index in [2.05, 4.69) is 0 Å². The molecule has 12 heavy (non-hydrogen) atoms. The second-order valence-corrected chi connectivity index (χ2v) is 3.68. The smallest absolute Gasteiger partial charge is 0.225 e. The number of likely N-dealkylation sites (tertiary alicyclic amines) is 1. The highest BCUT2D eigenvalue weighted by Gasteiger charge is 2.39. The summed E-state index contributed by atoms with van der Waals surface area (Å²) >= 11 is 0. The second kappa shape index (κ2) is 2.71. The van der Waals surface area contributed by atoms with Gasteiger partial charge in [-0.2, -0.15) is 0 Å². The number of nitrogens with zero attached hydrogens (tertiary/aromatic N) is 1. The van der Waals surface area contributed by atoms with Crippen molar-refractivity contribution in [1.82, 2.24) is 4.90 Å². The second-order valence-electron chi connectivity index (χ2n) is 3.68. The fraction of sp³-hybridized carbons (Fsp3) is 0.875. The molecule has 2 fully saturated rings. The zero-order chi connectivity index (χ0) is 8.72. The molecular formula is C8H13NO3. The molecule has 68 valence electrons. The first-order valence-electron chi connectivity index (χ1n) is 4.32. The highest BCUT2D eigenvalue weighted by atomic mass is 16.3. The van der Waals surface area contributed by atoms with E-state index in [1.807, 2.05) is 0 Å². The molecule has 1 atom stereocenters.